The first-order valence-electron chi connectivity index (χ1n) is 5.00. The van der Waals surface area contributed by atoms with Crippen LogP contribution >= 0.6 is 11.6 Å². The minimum atomic E-state index is 0.506. The Morgan fingerprint density at radius 2 is 2.21 bits per heavy atom. The average molecular weight is 213 g/mol. The van der Waals surface area contributed by atoms with Gasteiger partial charge in [-0.15, -0.1) is 0 Å². The summed E-state index contributed by atoms with van der Waals surface area (Å²) >= 11 is 5.83. The molecule has 1 aromatic heterocycles. The van der Waals surface area contributed by atoms with E-state index >= 15 is 0 Å². The van der Waals surface area contributed by atoms with Gasteiger partial charge < -0.3 is 4.90 Å². The molecule has 78 valence electrons. The number of nitrogens with zero attached hydrogens (tertiary/aromatic N) is 2. The minimum Gasteiger partial charge on any atom is -0.357 e. The standard InChI is InChI=1S/C11H17ClN2/c1-4-6-9(2)14(3)11-8-5-7-10(12)13-11/h5,7-9H,4,6H2,1-3H3. The van der Waals surface area contributed by atoms with E-state index in [1.807, 2.05) is 12.1 Å². The lowest BCUT2D eigenvalue weighted by Gasteiger charge is -2.25. The van der Waals surface area contributed by atoms with Crippen molar-refractivity contribution in [2.24, 2.45) is 0 Å². The van der Waals surface area contributed by atoms with Gasteiger partial charge in [-0.2, -0.15) is 0 Å². The number of aromatic nitrogens is 1. The van der Waals surface area contributed by atoms with Crippen LogP contribution in [-0.4, -0.2) is 18.1 Å². The zero-order valence-corrected chi connectivity index (χ0v) is 9.75. The minimum absolute atomic E-state index is 0.506. The second-order valence-corrected chi connectivity index (χ2v) is 3.95. The molecule has 0 aromatic carbocycles. The first kappa shape index (κ1) is 11.3. The quantitative estimate of drug-likeness (QED) is 0.712. The Morgan fingerprint density at radius 3 is 2.79 bits per heavy atom. The van der Waals surface area contributed by atoms with E-state index < -0.39 is 0 Å². The molecule has 14 heavy (non-hydrogen) atoms. The van der Waals surface area contributed by atoms with Crippen LogP contribution in [-0.2, 0) is 0 Å². The third kappa shape index (κ3) is 2.88. The third-order valence-electron chi connectivity index (χ3n) is 2.43. The van der Waals surface area contributed by atoms with Crippen LogP contribution < -0.4 is 4.90 Å². The summed E-state index contributed by atoms with van der Waals surface area (Å²) < 4.78 is 0. The largest absolute Gasteiger partial charge is 0.357 e. The van der Waals surface area contributed by atoms with Gasteiger partial charge in [0.2, 0.25) is 0 Å². The van der Waals surface area contributed by atoms with Gasteiger partial charge in [0, 0.05) is 13.1 Å². The summed E-state index contributed by atoms with van der Waals surface area (Å²) in [4.78, 5) is 6.43. The molecule has 0 bridgehead atoms. The van der Waals surface area contributed by atoms with Gasteiger partial charge in [-0.1, -0.05) is 31.0 Å². The number of hydrogen-bond acceptors (Lipinski definition) is 2. The Morgan fingerprint density at radius 1 is 1.50 bits per heavy atom. The molecule has 1 unspecified atom stereocenters. The monoisotopic (exact) mass is 212 g/mol. The van der Waals surface area contributed by atoms with Crippen LogP contribution in [0.15, 0.2) is 18.2 Å². The van der Waals surface area contributed by atoms with Crippen LogP contribution in [0.5, 0.6) is 0 Å². The van der Waals surface area contributed by atoms with E-state index in [-0.39, 0.29) is 0 Å². The van der Waals surface area contributed by atoms with E-state index in [1.54, 1.807) is 6.07 Å². The Balaban J connectivity index is 2.73. The SMILES string of the molecule is CCCC(C)N(C)c1cccc(Cl)n1. The summed E-state index contributed by atoms with van der Waals surface area (Å²) in [6.45, 7) is 4.39. The van der Waals surface area contributed by atoms with Crippen LogP contribution in [0, 0.1) is 0 Å². The van der Waals surface area contributed by atoms with Crippen molar-refractivity contribution in [3.63, 3.8) is 0 Å². The zero-order chi connectivity index (χ0) is 10.6. The maximum absolute atomic E-state index is 5.83. The fourth-order valence-electron chi connectivity index (χ4n) is 1.43. The van der Waals surface area contributed by atoms with Crippen molar-refractivity contribution in [1.29, 1.82) is 0 Å². The molecule has 0 aliphatic rings. The van der Waals surface area contributed by atoms with Crippen LogP contribution in [0.4, 0.5) is 5.82 Å². The molecule has 1 rings (SSSR count). The van der Waals surface area contributed by atoms with Crippen LogP contribution in [0.2, 0.25) is 5.15 Å². The second kappa shape index (κ2) is 5.20. The predicted molar refractivity (Wildman–Crippen MR) is 62.0 cm³/mol. The molecule has 1 heterocycles. The Hall–Kier alpha value is -0.760. The molecular weight excluding hydrogens is 196 g/mol. The highest BCUT2D eigenvalue weighted by molar-refractivity contribution is 6.29. The van der Waals surface area contributed by atoms with Crippen molar-refractivity contribution in [2.45, 2.75) is 32.7 Å². The number of rotatable bonds is 4. The molecule has 0 spiro atoms. The second-order valence-electron chi connectivity index (χ2n) is 3.57. The Bertz CT molecular complexity index is 288. The van der Waals surface area contributed by atoms with Crippen molar-refractivity contribution >= 4 is 17.4 Å². The normalized spacial score (nSPS) is 12.6. The number of halogens is 1. The molecule has 0 saturated heterocycles. The van der Waals surface area contributed by atoms with E-state index in [9.17, 15) is 0 Å². The third-order valence-corrected chi connectivity index (χ3v) is 2.64. The number of pyridine rings is 1. The van der Waals surface area contributed by atoms with Crippen molar-refractivity contribution < 1.29 is 0 Å². The van der Waals surface area contributed by atoms with Gasteiger partial charge in [-0.25, -0.2) is 4.98 Å². The summed E-state index contributed by atoms with van der Waals surface area (Å²) in [6.07, 6.45) is 2.36. The number of anilines is 1. The maximum atomic E-state index is 5.83. The molecule has 3 heteroatoms. The molecule has 2 nitrogen and oxygen atoms in total. The van der Waals surface area contributed by atoms with E-state index in [0.717, 1.165) is 5.82 Å². The molecular formula is C11H17ClN2. The summed E-state index contributed by atoms with van der Waals surface area (Å²) in [5.74, 6) is 0.943. The molecule has 0 saturated carbocycles. The van der Waals surface area contributed by atoms with E-state index in [0.29, 0.717) is 11.2 Å². The summed E-state index contributed by atoms with van der Waals surface area (Å²) in [5, 5.41) is 0.554. The van der Waals surface area contributed by atoms with Gasteiger partial charge in [0.15, 0.2) is 0 Å². The fourth-order valence-corrected chi connectivity index (χ4v) is 1.59. The fraction of sp³-hybridized carbons (Fsp3) is 0.545. The molecule has 0 N–H and O–H groups in total. The Labute approximate surface area is 90.9 Å². The summed E-state index contributed by atoms with van der Waals surface area (Å²) in [7, 11) is 2.05. The molecule has 0 fully saturated rings. The maximum Gasteiger partial charge on any atom is 0.131 e. The van der Waals surface area contributed by atoms with E-state index in [4.69, 9.17) is 11.6 Å². The lowest BCUT2D eigenvalue weighted by atomic mass is 10.2. The molecule has 0 amide bonds. The lowest BCUT2D eigenvalue weighted by molar-refractivity contribution is 0.611. The molecule has 1 atom stereocenters. The van der Waals surface area contributed by atoms with Crippen LogP contribution in [0.1, 0.15) is 26.7 Å². The van der Waals surface area contributed by atoms with E-state index in [1.165, 1.54) is 12.8 Å². The lowest BCUT2D eigenvalue weighted by Crippen LogP contribution is -2.29. The van der Waals surface area contributed by atoms with Crippen molar-refractivity contribution in [2.75, 3.05) is 11.9 Å². The molecule has 0 aliphatic carbocycles. The molecule has 1 aromatic rings. The van der Waals surface area contributed by atoms with Gasteiger partial charge >= 0.3 is 0 Å². The van der Waals surface area contributed by atoms with Gasteiger partial charge in [0.25, 0.3) is 0 Å². The smallest absolute Gasteiger partial charge is 0.131 e. The van der Waals surface area contributed by atoms with Crippen molar-refractivity contribution in [1.82, 2.24) is 4.98 Å². The Kier molecular flexibility index (Phi) is 4.21. The first-order valence-corrected chi connectivity index (χ1v) is 5.38. The topological polar surface area (TPSA) is 16.1 Å². The van der Waals surface area contributed by atoms with Gasteiger partial charge in [0.1, 0.15) is 11.0 Å². The highest BCUT2D eigenvalue weighted by Gasteiger charge is 2.09. The summed E-state index contributed by atoms with van der Waals surface area (Å²) in [6, 6.07) is 6.22. The van der Waals surface area contributed by atoms with Gasteiger partial charge in [-0.05, 0) is 25.5 Å². The highest BCUT2D eigenvalue weighted by atomic mass is 35.5. The van der Waals surface area contributed by atoms with Crippen LogP contribution in [0.3, 0.4) is 0 Å². The van der Waals surface area contributed by atoms with Crippen molar-refractivity contribution in [3.05, 3.63) is 23.4 Å². The molecule has 0 radical (unpaired) electrons. The van der Waals surface area contributed by atoms with Crippen molar-refractivity contribution in [3.8, 4) is 0 Å². The van der Waals surface area contributed by atoms with Gasteiger partial charge in [0.05, 0.1) is 0 Å². The molecule has 0 aliphatic heterocycles. The van der Waals surface area contributed by atoms with E-state index in [2.05, 4.69) is 30.8 Å². The number of hydrogen-bond donors (Lipinski definition) is 0. The van der Waals surface area contributed by atoms with Gasteiger partial charge in [-0.3, -0.25) is 0 Å². The predicted octanol–water partition coefficient (Wildman–Crippen LogP) is 3.36. The highest BCUT2D eigenvalue weighted by Crippen LogP contribution is 2.16. The van der Waals surface area contributed by atoms with Crippen LogP contribution in [0.25, 0.3) is 0 Å². The zero-order valence-electron chi connectivity index (χ0n) is 9.00. The average Bonchev–Trinajstić information content (AvgIpc) is 2.17. The first-order chi connectivity index (χ1) is 6.65. The summed E-state index contributed by atoms with van der Waals surface area (Å²) in [5.41, 5.74) is 0.